The number of rotatable bonds is 4. The van der Waals surface area contributed by atoms with Gasteiger partial charge in [-0.1, -0.05) is 18.2 Å². The van der Waals surface area contributed by atoms with Crippen LogP contribution in [0.5, 0.6) is 0 Å². The molecule has 7 nitrogen and oxygen atoms in total. The highest BCUT2D eigenvalue weighted by Crippen LogP contribution is 2.18. The minimum atomic E-state index is -0.134. The van der Waals surface area contributed by atoms with Gasteiger partial charge in [-0.25, -0.2) is 14.6 Å². The number of hydrogen-bond acceptors (Lipinski definition) is 4. The number of hydrogen-bond donors (Lipinski definition) is 2. The van der Waals surface area contributed by atoms with Crippen LogP contribution >= 0.6 is 0 Å². The van der Waals surface area contributed by atoms with E-state index in [0.717, 1.165) is 16.5 Å². The Labute approximate surface area is 137 Å². The van der Waals surface area contributed by atoms with Crippen LogP contribution in [0.2, 0.25) is 0 Å². The zero-order valence-corrected chi connectivity index (χ0v) is 12.7. The molecule has 7 heteroatoms. The summed E-state index contributed by atoms with van der Waals surface area (Å²) in [6.07, 6.45) is 6.97. The average Bonchev–Trinajstić information content (AvgIpc) is 3.26. The van der Waals surface area contributed by atoms with Gasteiger partial charge in [0.25, 0.3) is 0 Å². The molecule has 3 heterocycles. The van der Waals surface area contributed by atoms with Crippen LogP contribution in [0.15, 0.2) is 61.3 Å². The fourth-order valence-corrected chi connectivity index (χ4v) is 2.58. The molecule has 4 rings (SSSR count). The van der Waals surface area contributed by atoms with Gasteiger partial charge in [-0.3, -0.25) is 4.79 Å². The van der Waals surface area contributed by atoms with Gasteiger partial charge in [-0.15, -0.1) is 0 Å². The first-order valence-electron chi connectivity index (χ1n) is 7.46. The third-order valence-corrected chi connectivity index (χ3v) is 3.69. The Morgan fingerprint density at radius 3 is 3.00 bits per heavy atom. The smallest absolute Gasteiger partial charge is 0.230 e. The van der Waals surface area contributed by atoms with Crippen LogP contribution in [0.1, 0.15) is 5.56 Å². The van der Waals surface area contributed by atoms with Gasteiger partial charge in [0.1, 0.15) is 12.1 Å². The summed E-state index contributed by atoms with van der Waals surface area (Å²) in [6.45, 7) is 0. The largest absolute Gasteiger partial charge is 0.361 e. The maximum atomic E-state index is 12.3. The van der Waals surface area contributed by atoms with E-state index in [0.29, 0.717) is 11.6 Å². The summed E-state index contributed by atoms with van der Waals surface area (Å²) in [4.78, 5) is 23.7. The Balaban J connectivity index is 1.51. The van der Waals surface area contributed by atoms with E-state index >= 15 is 0 Å². The van der Waals surface area contributed by atoms with Crippen molar-refractivity contribution >= 4 is 22.6 Å². The summed E-state index contributed by atoms with van der Waals surface area (Å²) in [6, 6.07) is 11.4. The summed E-state index contributed by atoms with van der Waals surface area (Å²) in [5.74, 6) is 0.905. The van der Waals surface area contributed by atoms with Gasteiger partial charge in [-0.05, 0) is 17.7 Å². The molecule has 3 aromatic heterocycles. The molecule has 1 aromatic carbocycles. The molecule has 24 heavy (non-hydrogen) atoms. The predicted molar refractivity (Wildman–Crippen MR) is 89.8 cm³/mol. The molecule has 0 fully saturated rings. The van der Waals surface area contributed by atoms with Crippen LogP contribution in [0.25, 0.3) is 16.7 Å². The first kappa shape index (κ1) is 14.1. The summed E-state index contributed by atoms with van der Waals surface area (Å²) in [5.41, 5.74) is 1.97. The molecular weight excluding hydrogens is 304 g/mol. The van der Waals surface area contributed by atoms with Gasteiger partial charge in [0, 0.05) is 35.6 Å². The minimum Gasteiger partial charge on any atom is -0.361 e. The zero-order chi connectivity index (χ0) is 16.4. The highest BCUT2D eigenvalue weighted by atomic mass is 16.1. The molecular formula is C17H14N6O. The van der Waals surface area contributed by atoms with E-state index in [2.05, 4.69) is 25.4 Å². The second kappa shape index (κ2) is 5.96. The van der Waals surface area contributed by atoms with Crippen LogP contribution < -0.4 is 5.32 Å². The lowest BCUT2D eigenvalue weighted by Crippen LogP contribution is -2.15. The third-order valence-electron chi connectivity index (χ3n) is 3.69. The summed E-state index contributed by atoms with van der Waals surface area (Å²) < 4.78 is 1.61. The van der Waals surface area contributed by atoms with E-state index < -0.39 is 0 Å². The van der Waals surface area contributed by atoms with E-state index in [1.54, 1.807) is 29.2 Å². The third kappa shape index (κ3) is 2.74. The Morgan fingerprint density at radius 1 is 1.21 bits per heavy atom. The zero-order valence-electron chi connectivity index (χ0n) is 12.7. The predicted octanol–water partition coefficient (Wildman–Crippen LogP) is 2.32. The quantitative estimate of drug-likeness (QED) is 0.604. The number of aromatic nitrogens is 5. The molecule has 0 spiro atoms. The number of benzene rings is 1. The lowest BCUT2D eigenvalue weighted by Gasteiger charge is -2.06. The molecule has 0 atom stereocenters. The highest BCUT2D eigenvalue weighted by Gasteiger charge is 2.10. The van der Waals surface area contributed by atoms with Crippen molar-refractivity contribution in [1.82, 2.24) is 24.7 Å². The number of amides is 1. The van der Waals surface area contributed by atoms with E-state index in [1.165, 1.54) is 6.33 Å². The Kier molecular flexibility index (Phi) is 3.51. The van der Waals surface area contributed by atoms with Gasteiger partial charge in [0.2, 0.25) is 5.91 Å². The summed E-state index contributed by atoms with van der Waals surface area (Å²) >= 11 is 0. The van der Waals surface area contributed by atoms with Gasteiger partial charge < -0.3 is 10.3 Å². The van der Waals surface area contributed by atoms with Crippen molar-refractivity contribution in [3.8, 4) is 5.82 Å². The molecule has 2 N–H and O–H groups in total. The maximum Gasteiger partial charge on any atom is 0.230 e. The van der Waals surface area contributed by atoms with Crippen molar-refractivity contribution < 1.29 is 4.79 Å². The molecule has 0 radical (unpaired) electrons. The van der Waals surface area contributed by atoms with Crippen LogP contribution in [-0.4, -0.2) is 30.6 Å². The number of nitrogens with one attached hydrogen (secondary N) is 2. The number of carbonyl (C=O) groups excluding carboxylic acids is 1. The second-order valence-corrected chi connectivity index (χ2v) is 5.30. The van der Waals surface area contributed by atoms with E-state index in [4.69, 9.17) is 0 Å². The Morgan fingerprint density at radius 2 is 2.12 bits per heavy atom. The van der Waals surface area contributed by atoms with Gasteiger partial charge in [-0.2, -0.15) is 5.10 Å². The number of anilines is 1. The molecule has 4 aromatic rings. The van der Waals surface area contributed by atoms with Crippen molar-refractivity contribution in [3.63, 3.8) is 0 Å². The van der Waals surface area contributed by atoms with Crippen molar-refractivity contribution in [2.75, 3.05) is 5.32 Å². The number of fused-ring (bicyclic) bond motifs is 1. The molecule has 0 bridgehead atoms. The van der Waals surface area contributed by atoms with Crippen molar-refractivity contribution in [1.29, 1.82) is 0 Å². The lowest BCUT2D eigenvalue weighted by molar-refractivity contribution is -0.115. The summed E-state index contributed by atoms with van der Waals surface area (Å²) in [7, 11) is 0. The molecule has 0 saturated heterocycles. The number of para-hydroxylation sites is 1. The Bertz CT molecular complexity index is 989. The number of aromatic amines is 1. The molecule has 1 amide bonds. The van der Waals surface area contributed by atoms with E-state index in [-0.39, 0.29) is 12.3 Å². The normalized spacial score (nSPS) is 10.8. The van der Waals surface area contributed by atoms with Crippen molar-refractivity contribution in [2.45, 2.75) is 6.42 Å². The van der Waals surface area contributed by atoms with Gasteiger partial charge >= 0.3 is 0 Å². The average molecular weight is 318 g/mol. The minimum absolute atomic E-state index is 0.134. The van der Waals surface area contributed by atoms with E-state index in [9.17, 15) is 4.79 Å². The lowest BCUT2D eigenvalue weighted by atomic mass is 10.1. The first-order valence-corrected chi connectivity index (χ1v) is 7.46. The summed E-state index contributed by atoms with van der Waals surface area (Å²) in [5, 5.41) is 7.96. The van der Waals surface area contributed by atoms with Crippen LogP contribution in [0.4, 0.5) is 5.82 Å². The molecule has 0 aliphatic rings. The fraction of sp³-hybridized carbons (Fsp3) is 0.0588. The molecule has 0 aliphatic carbocycles. The fourth-order valence-electron chi connectivity index (χ4n) is 2.58. The maximum absolute atomic E-state index is 12.3. The van der Waals surface area contributed by atoms with Gasteiger partial charge in [0.05, 0.1) is 6.42 Å². The monoisotopic (exact) mass is 318 g/mol. The topological polar surface area (TPSA) is 88.5 Å². The number of H-pyrrole nitrogens is 1. The number of nitrogens with zero attached hydrogens (tertiary/aromatic N) is 4. The number of carbonyl (C=O) groups is 1. The van der Waals surface area contributed by atoms with Crippen molar-refractivity contribution in [2.24, 2.45) is 0 Å². The molecule has 0 aliphatic heterocycles. The standard InChI is InChI=1S/C17H14N6O/c24-17(8-12-10-18-14-5-2-1-4-13(12)14)22-15-9-16(20-11-19-15)23-7-3-6-21-23/h1-7,9-11,18H,8H2,(H,19,20,22,24). The first-order chi connectivity index (χ1) is 11.8. The van der Waals surface area contributed by atoms with E-state index in [1.807, 2.05) is 30.5 Å². The van der Waals surface area contributed by atoms with Crippen LogP contribution in [0, 0.1) is 0 Å². The second-order valence-electron chi connectivity index (χ2n) is 5.30. The van der Waals surface area contributed by atoms with Crippen molar-refractivity contribution in [3.05, 3.63) is 66.9 Å². The molecule has 0 saturated carbocycles. The molecule has 118 valence electrons. The van der Waals surface area contributed by atoms with Gasteiger partial charge in [0.15, 0.2) is 5.82 Å². The van der Waals surface area contributed by atoms with Crippen LogP contribution in [-0.2, 0) is 11.2 Å². The Hall–Kier alpha value is -3.48. The van der Waals surface area contributed by atoms with Crippen LogP contribution in [0.3, 0.4) is 0 Å². The molecule has 0 unspecified atom stereocenters. The SMILES string of the molecule is O=C(Cc1c[nH]c2ccccc12)Nc1cc(-n2cccn2)ncn1. The highest BCUT2D eigenvalue weighted by molar-refractivity contribution is 5.95.